The van der Waals surface area contributed by atoms with Crippen LogP contribution in [-0.4, -0.2) is 52.8 Å². The van der Waals surface area contributed by atoms with Crippen LogP contribution < -0.4 is 16.2 Å². The summed E-state index contributed by atoms with van der Waals surface area (Å²) in [5.74, 6) is 0.685. The quantitative estimate of drug-likeness (QED) is 0.433. The highest BCUT2D eigenvalue weighted by atomic mass is 16.6. The molecular weight excluding hydrogens is 260 g/mol. The molecule has 0 saturated heterocycles. The van der Waals surface area contributed by atoms with Crippen LogP contribution in [0.3, 0.4) is 0 Å². The van der Waals surface area contributed by atoms with Gasteiger partial charge in [-0.25, -0.2) is 0 Å². The minimum Gasteiger partial charge on any atom is -0.489 e. The molecule has 0 fully saturated rings. The summed E-state index contributed by atoms with van der Waals surface area (Å²) in [5.41, 5.74) is 11.7. The maximum Gasteiger partial charge on any atom is 0.142 e. The topological polar surface area (TPSA) is 89.0 Å². The number of rotatable bonds is 12. The van der Waals surface area contributed by atoms with E-state index in [1.807, 2.05) is 18.2 Å². The maximum absolute atomic E-state index is 5.75. The van der Waals surface area contributed by atoms with Crippen molar-refractivity contribution < 1.29 is 18.9 Å². The largest absolute Gasteiger partial charge is 0.489 e. The van der Waals surface area contributed by atoms with Gasteiger partial charge in [0.15, 0.2) is 0 Å². The molecule has 114 valence electrons. The van der Waals surface area contributed by atoms with E-state index in [9.17, 15) is 0 Å². The smallest absolute Gasteiger partial charge is 0.142 e. The van der Waals surface area contributed by atoms with Crippen molar-refractivity contribution in [3.63, 3.8) is 0 Å². The van der Waals surface area contributed by atoms with Gasteiger partial charge in [-0.15, -0.1) is 0 Å². The van der Waals surface area contributed by atoms with Crippen molar-refractivity contribution in [2.24, 2.45) is 5.73 Å². The lowest BCUT2D eigenvalue weighted by atomic mass is 10.3. The summed E-state index contributed by atoms with van der Waals surface area (Å²) in [7, 11) is 0. The molecule has 0 atom stereocenters. The molecule has 6 heteroatoms. The molecule has 1 rings (SSSR count). The summed E-state index contributed by atoms with van der Waals surface area (Å²) in [4.78, 5) is 0. The van der Waals surface area contributed by atoms with Gasteiger partial charge in [0.25, 0.3) is 0 Å². The molecule has 0 aliphatic rings. The van der Waals surface area contributed by atoms with Crippen molar-refractivity contribution in [1.82, 2.24) is 0 Å². The van der Waals surface area contributed by atoms with E-state index in [1.165, 1.54) is 0 Å². The Morgan fingerprint density at radius 2 is 1.30 bits per heavy atom. The third kappa shape index (κ3) is 7.96. The van der Waals surface area contributed by atoms with Crippen LogP contribution >= 0.6 is 0 Å². The Morgan fingerprint density at radius 3 is 1.90 bits per heavy atom. The summed E-state index contributed by atoms with van der Waals surface area (Å²) in [5, 5.41) is 0. The van der Waals surface area contributed by atoms with Crippen LogP contribution in [0.4, 0.5) is 5.69 Å². The Hall–Kier alpha value is -1.34. The van der Waals surface area contributed by atoms with Gasteiger partial charge in [0.1, 0.15) is 12.4 Å². The lowest BCUT2D eigenvalue weighted by Gasteiger charge is -2.09. The highest BCUT2D eigenvalue weighted by molar-refractivity contribution is 5.51. The summed E-state index contributed by atoms with van der Waals surface area (Å²) < 4.78 is 21.3. The number of hydrogen-bond acceptors (Lipinski definition) is 6. The lowest BCUT2D eigenvalue weighted by Crippen LogP contribution is -2.14. The van der Waals surface area contributed by atoms with Crippen molar-refractivity contribution in [2.75, 3.05) is 58.5 Å². The van der Waals surface area contributed by atoms with Crippen molar-refractivity contribution in [2.45, 2.75) is 0 Å². The standard InChI is InChI=1S/C14H24N2O4/c15-5-6-17-7-8-18-9-10-19-11-12-20-14-4-2-1-3-13(14)16/h1-4H,5-12,15-16H2. The fraction of sp³-hybridized carbons (Fsp3) is 0.571. The number of nitrogen functional groups attached to an aromatic ring is 1. The average molecular weight is 284 g/mol. The summed E-state index contributed by atoms with van der Waals surface area (Å²) in [6.07, 6.45) is 0. The molecule has 0 spiro atoms. The fourth-order valence-corrected chi connectivity index (χ4v) is 1.45. The molecule has 0 bridgehead atoms. The maximum atomic E-state index is 5.75. The molecule has 0 radical (unpaired) electrons. The highest BCUT2D eigenvalue weighted by Gasteiger charge is 1.97. The van der Waals surface area contributed by atoms with Crippen LogP contribution in [0.2, 0.25) is 0 Å². The number of para-hydroxylation sites is 2. The average Bonchev–Trinajstić information content (AvgIpc) is 2.46. The SMILES string of the molecule is NCCOCCOCCOCCOc1ccccc1N. The Morgan fingerprint density at radius 1 is 0.750 bits per heavy atom. The molecule has 0 heterocycles. The number of ether oxygens (including phenoxy) is 4. The van der Waals surface area contributed by atoms with Gasteiger partial charge in [-0.05, 0) is 12.1 Å². The van der Waals surface area contributed by atoms with E-state index < -0.39 is 0 Å². The minimum absolute atomic E-state index is 0.466. The molecule has 0 aromatic heterocycles. The Bertz CT molecular complexity index is 350. The third-order valence-electron chi connectivity index (χ3n) is 2.41. The van der Waals surface area contributed by atoms with Crippen LogP contribution in [0.15, 0.2) is 24.3 Å². The third-order valence-corrected chi connectivity index (χ3v) is 2.41. The molecule has 4 N–H and O–H groups in total. The Labute approximate surface area is 119 Å². The first-order valence-corrected chi connectivity index (χ1v) is 6.75. The van der Waals surface area contributed by atoms with Crippen LogP contribution in [0.5, 0.6) is 5.75 Å². The van der Waals surface area contributed by atoms with Crippen molar-refractivity contribution in [3.05, 3.63) is 24.3 Å². The molecule has 0 unspecified atom stereocenters. The normalized spacial score (nSPS) is 10.7. The second-order valence-electron chi connectivity index (χ2n) is 4.01. The Kier molecular flexibility index (Phi) is 9.60. The van der Waals surface area contributed by atoms with E-state index in [0.29, 0.717) is 64.2 Å². The van der Waals surface area contributed by atoms with E-state index in [0.717, 1.165) is 0 Å². The van der Waals surface area contributed by atoms with Crippen LogP contribution in [0, 0.1) is 0 Å². The summed E-state index contributed by atoms with van der Waals surface area (Å²) in [6.45, 7) is 4.27. The molecule has 0 aliphatic heterocycles. The van der Waals surface area contributed by atoms with Crippen LogP contribution in [0.25, 0.3) is 0 Å². The molecule has 0 amide bonds. The van der Waals surface area contributed by atoms with Crippen LogP contribution in [-0.2, 0) is 14.2 Å². The van der Waals surface area contributed by atoms with E-state index in [2.05, 4.69) is 0 Å². The molecule has 0 saturated carbocycles. The van der Waals surface area contributed by atoms with E-state index in [1.54, 1.807) is 6.07 Å². The van der Waals surface area contributed by atoms with Gasteiger partial charge in [-0.3, -0.25) is 0 Å². The van der Waals surface area contributed by atoms with E-state index in [-0.39, 0.29) is 0 Å². The van der Waals surface area contributed by atoms with Gasteiger partial charge in [0.2, 0.25) is 0 Å². The van der Waals surface area contributed by atoms with Gasteiger partial charge in [-0.1, -0.05) is 12.1 Å². The molecule has 1 aromatic carbocycles. The van der Waals surface area contributed by atoms with Crippen molar-refractivity contribution >= 4 is 5.69 Å². The van der Waals surface area contributed by atoms with E-state index in [4.69, 9.17) is 30.4 Å². The van der Waals surface area contributed by atoms with E-state index >= 15 is 0 Å². The van der Waals surface area contributed by atoms with Crippen molar-refractivity contribution in [3.8, 4) is 5.75 Å². The monoisotopic (exact) mass is 284 g/mol. The summed E-state index contributed by atoms with van der Waals surface area (Å²) in [6, 6.07) is 7.39. The number of anilines is 1. The predicted molar refractivity (Wildman–Crippen MR) is 77.9 cm³/mol. The first-order valence-electron chi connectivity index (χ1n) is 6.75. The van der Waals surface area contributed by atoms with Gasteiger partial charge >= 0.3 is 0 Å². The first-order chi connectivity index (χ1) is 9.84. The second kappa shape index (κ2) is 11.5. The van der Waals surface area contributed by atoms with Crippen LogP contribution in [0.1, 0.15) is 0 Å². The number of nitrogens with two attached hydrogens (primary N) is 2. The second-order valence-corrected chi connectivity index (χ2v) is 4.01. The predicted octanol–water partition coefficient (Wildman–Crippen LogP) is 0.656. The van der Waals surface area contributed by atoms with Gasteiger partial charge in [-0.2, -0.15) is 0 Å². The zero-order valence-corrected chi connectivity index (χ0v) is 11.8. The molecule has 1 aromatic rings. The summed E-state index contributed by atoms with van der Waals surface area (Å²) >= 11 is 0. The fourth-order valence-electron chi connectivity index (χ4n) is 1.45. The molecule has 6 nitrogen and oxygen atoms in total. The molecule has 20 heavy (non-hydrogen) atoms. The molecule has 0 aliphatic carbocycles. The minimum atomic E-state index is 0.466. The van der Waals surface area contributed by atoms with Gasteiger partial charge in [0.05, 0.1) is 45.3 Å². The van der Waals surface area contributed by atoms with Gasteiger partial charge in [0, 0.05) is 6.54 Å². The van der Waals surface area contributed by atoms with Gasteiger partial charge < -0.3 is 30.4 Å². The lowest BCUT2D eigenvalue weighted by molar-refractivity contribution is 0.0106. The first kappa shape index (κ1) is 16.7. The highest BCUT2D eigenvalue weighted by Crippen LogP contribution is 2.19. The zero-order valence-electron chi connectivity index (χ0n) is 11.8. The van der Waals surface area contributed by atoms with Crippen molar-refractivity contribution in [1.29, 1.82) is 0 Å². The number of benzene rings is 1. The zero-order chi connectivity index (χ0) is 14.5. The molecular formula is C14H24N2O4. The number of hydrogen-bond donors (Lipinski definition) is 2. The Balaban J connectivity index is 1.87.